The average Bonchev–Trinajstić information content (AvgIpc) is 2.10. The molecule has 0 aliphatic carbocycles. The van der Waals surface area contributed by atoms with Crippen LogP contribution < -0.4 is 0 Å². The predicted molar refractivity (Wildman–Crippen MR) is 65.2 cm³/mol. The second-order valence-corrected chi connectivity index (χ2v) is 6.58. The standard InChI is InChI=1S/C11H25NO3S/c1-4-5-6-7-9-12(2,3)10-8-11-16(13,14)15/h4-11H2,1-3H3. The Bertz CT molecular complexity index is 273. The van der Waals surface area contributed by atoms with Gasteiger partial charge in [0.25, 0.3) is 0 Å². The maximum atomic E-state index is 10.5. The van der Waals surface area contributed by atoms with E-state index in [-0.39, 0.29) is 5.75 Å². The molecule has 0 fully saturated rings. The molecule has 0 aromatic rings. The van der Waals surface area contributed by atoms with E-state index < -0.39 is 10.1 Å². The van der Waals surface area contributed by atoms with Gasteiger partial charge in [-0.05, 0) is 12.8 Å². The van der Waals surface area contributed by atoms with Crippen molar-refractivity contribution in [1.29, 1.82) is 0 Å². The van der Waals surface area contributed by atoms with Crippen molar-refractivity contribution in [1.82, 2.24) is 0 Å². The molecule has 0 aromatic heterocycles. The van der Waals surface area contributed by atoms with Crippen LogP contribution in [0.25, 0.3) is 0 Å². The first-order chi connectivity index (χ1) is 7.27. The Labute approximate surface area is 100.0 Å². The quantitative estimate of drug-likeness (QED) is 0.355. The zero-order chi connectivity index (χ0) is 12.7. The van der Waals surface area contributed by atoms with Gasteiger partial charge < -0.3 is 9.04 Å². The summed E-state index contributed by atoms with van der Waals surface area (Å²) in [5.41, 5.74) is 0. The van der Waals surface area contributed by atoms with Crippen molar-refractivity contribution in [3.05, 3.63) is 0 Å². The summed E-state index contributed by atoms with van der Waals surface area (Å²) >= 11 is 0. The van der Waals surface area contributed by atoms with Gasteiger partial charge in [-0.2, -0.15) is 0 Å². The van der Waals surface area contributed by atoms with Crippen LogP contribution in [-0.4, -0.2) is 50.4 Å². The van der Waals surface area contributed by atoms with Crippen molar-refractivity contribution in [2.75, 3.05) is 32.9 Å². The zero-order valence-electron chi connectivity index (χ0n) is 10.7. The van der Waals surface area contributed by atoms with E-state index in [1.54, 1.807) is 0 Å². The lowest BCUT2D eigenvalue weighted by atomic mass is 10.2. The highest BCUT2D eigenvalue weighted by molar-refractivity contribution is 7.85. The highest BCUT2D eigenvalue weighted by Gasteiger charge is 2.14. The van der Waals surface area contributed by atoms with Crippen LogP contribution in [0.1, 0.15) is 39.0 Å². The second kappa shape index (κ2) is 7.25. The van der Waals surface area contributed by atoms with Gasteiger partial charge in [0.2, 0.25) is 0 Å². The Balaban J connectivity index is 3.70. The van der Waals surface area contributed by atoms with E-state index in [9.17, 15) is 13.0 Å². The second-order valence-electron chi connectivity index (χ2n) is 5.06. The molecule has 0 amide bonds. The van der Waals surface area contributed by atoms with Crippen LogP contribution in [0.2, 0.25) is 0 Å². The summed E-state index contributed by atoms with van der Waals surface area (Å²) in [4.78, 5) is 0. The van der Waals surface area contributed by atoms with Crippen molar-refractivity contribution in [2.24, 2.45) is 0 Å². The first kappa shape index (κ1) is 15.9. The summed E-state index contributed by atoms with van der Waals surface area (Å²) in [5, 5.41) is 0. The number of quaternary nitrogens is 1. The zero-order valence-corrected chi connectivity index (χ0v) is 11.6. The maximum absolute atomic E-state index is 10.5. The van der Waals surface area contributed by atoms with Crippen molar-refractivity contribution in [3.8, 4) is 0 Å². The van der Waals surface area contributed by atoms with E-state index in [4.69, 9.17) is 0 Å². The van der Waals surface area contributed by atoms with E-state index in [0.717, 1.165) is 17.6 Å². The highest BCUT2D eigenvalue weighted by Crippen LogP contribution is 2.06. The maximum Gasteiger partial charge on any atom is 0.0948 e. The van der Waals surface area contributed by atoms with Gasteiger partial charge in [0.05, 0.1) is 37.3 Å². The molecule has 0 radical (unpaired) electrons. The number of hydrogen-bond acceptors (Lipinski definition) is 3. The van der Waals surface area contributed by atoms with E-state index in [2.05, 4.69) is 21.0 Å². The molecule has 0 aliphatic heterocycles. The van der Waals surface area contributed by atoms with Gasteiger partial charge in [0.1, 0.15) is 0 Å². The third kappa shape index (κ3) is 10.4. The Hall–Kier alpha value is -0.130. The Morgan fingerprint density at radius 3 is 2.06 bits per heavy atom. The molecule has 0 N–H and O–H groups in total. The molecule has 0 heterocycles. The molecule has 5 heteroatoms. The van der Waals surface area contributed by atoms with Crippen LogP contribution in [0.5, 0.6) is 0 Å². The van der Waals surface area contributed by atoms with E-state index >= 15 is 0 Å². The van der Waals surface area contributed by atoms with Crippen LogP contribution in [0.15, 0.2) is 0 Å². The van der Waals surface area contributed by atoms with Gasteiger partial charge in [-0.3, -0.25) is 0 Å². The number of rotatable bonds is 9. The van der Waals surface area contributed by atoms with Crippen LogP contribution in [0.4, 0.5) is 0 Å². The van der Waals surface area contributed by atoms with Gasteiger partial charge >= 0.3 is 0 Å². The summed E-state index contributed by atoms with van der Waals surface area (Å²) in [7, 11) is 0.138. The minimum atomic E-state index is -4.04. The molecule has 0 atom stereocenters. The van der Waals surface area contributed by atoms with Crippen molar-refractivity contribution in [3.63, 3.8) is 0 Å². The van der Waals surface area contributed by atoms with E-state index in [1.807, 2.05) is 0 Å². The van der Waals surface area contributed by atoms with Gasteiger partial charge in [-0.15, -0.1) is 0 Å². The van der Waals surface area contributed by atoms with Gasteiger partial charge in [-0.1, -0.05) is 19.8 Å². The van der Waals surface area contributed by atoms with E-state index in [1.165, 1.54) is 25.7 Å². The molecule has 0 saturated carbocycles. The van der Waals surface area contributed by atoms with Crippen molar-refractivity contribution >= 4 is 10.1 Å². The smallest absolute Gasteiger partial charge is 0.0948 e. The summed E-state index contributed by atoms with van der Waals surface area (Å²) in [6, 6.07) is 0. The third-order valence-electron chi connectivity index (χ3n) is 2.77. The van der Waals surface area contributed by atoms with Crippen molar-refractivity contribution in [2.45, 2.75) is 39.0 Å². The molecule has 0 rings (SSSR count). The molecule has 0 spiro atoms. The topological polar surface area (TPSA) is 57.2 Å². The third-order valence-corrected chi connectivity index (χ3v) is 3.56. The van der Waals surface area contributed by atoms with Crippen LogP contribution >= 0.6 is 0 Å². The normalized spacial score (nSPS) is 13.0. The lowest BCUT2D eigenvalue weighted by molar-refractivity contribution is -0.890. The molecule has 0 aliphatic rings. The van der Waals surface area contributed by atoms with Crippen molar-refractivity contribution < 1.29 is 17.5 Å². The molecule has 0 saturated heterocycles. The predicted octanol–water partition coefficient (Wildman–Crippen LogP) is 1.58. The van der Waals surface area contributed by atoms with Gasteiger partial charge in [0.15, 0.2) is 0 Å². The average molecular weight is 251 g/mol. The Morgan fingerprint density at radius 2 is 1.56 bits per heavy atom. The fourth-order valence-electron chi connectivity index (χ4n) is 1.75. The summed E-state index contributed by atoms with van der Waals surface area (Å²) in [6.07, 6.45) is 5.35. The molecular formula is C11H25NO3S. The largest absolute Gasteiger partial charge is 0.748 e. The lowest BCUT2D eigenvalue weighted by Crippen LogP contribution is -2.41. The first-order valence-corrected chi connectivity index (χ1v) is 7.60. The van der Waals surface area contributed by atoms with Crippen LogP contribution in [0.3, 0.4) is 0 Å². The number of unbranched alkanes of at least 4 members (excludes halogenated alkanes) is 3. The molecule has 98 valence electrons. The minimum absolute atomic E-state index is 0.233. The fraction of sp³-hybridized carbons (Fsp3) is 1.00. The molecule has 0 bridgehead atoms. The number of hydrogen-bond donors (Lipinski definition) is 0. The Kier molecular flexibility index (Phi) is 7.19. The Morgan fingerprint density at radius 1 is 1.00 bits per heavy atom. The molecule has 0 aromatic carbocycles. The van der Waals surface area contributed by atoms with Crippen LogP contribution in [0, 0.1) is 0 Å². The molecule has 0 unspecified atom stereocenters. The fourth-order valence-corrected chi connectivity index (χ4v) is 2.23. The first-order valence-electron chi connectivity index (χ1n) is 6.02. The summed E-state index contributed by atoms with van der Waals surface area (Å²) < 4.78 is 32.2. The minimum Gasteiger partial charge on any atom is -0.748 e. The molecular weight excluding hydrogens is 226 g/mol. The summed E-state index contributed by atoms with van der Waals surface area (Å²) in [6.45, 7) is 3.99. The van der Waals surface area contributed by atoms with E-state index in [0.29, 0.717) is 6.42 Å². The monoisotopic (exact) mass is 251 g/mol. The molecule has 4 nitrogen and oxygen atoms in total. The highest BCUT2D eigenvalue weighted by atomic mass is 32.2. The van der Waals surface area contributed by atoms with Crippen LogP contribution in [-0.2, 0) is 10.1 Å². The number of nitrogens with zero attached hydrogens (tertiary/aromatic N) is 1. The molecule has 16 heavy (non-hydrogen) atoms. The summed E-state index contributed by atoms with van der Waals surface area (Å²) in [5.74, 6) is -0.233. The lowest BCUT2D eigenvalue weighted by Gasteiger charge is -2.30. The van der Waals surface area contributed by atoms with Gasteiger partial charge in [-0.25, -0.2) is 8.42 Å². The SMILES string of the molecule is CCCCCC[N+](C)(C)CCCS(=O)(=O)[O-]. The van der Waals surface area contributed by atoms with Gasteiger partial charge in [0, 0.05) is 12.2 Å².